The number of anilines is 1. The van der Waals surface area contributed by atoms with Gasteiger partial charge in [-0.3, -0.25) is 10.3 Å². The fourth-order valence-electron chi connectivity index (χ4n) is 2.81. The minimum absolute atomic E-state index is 0.314. The van der Waals surface area contributed by atoms with E-state index in [0.29, 0.717) is 11.1 Å². The van der Waals surface area contributed by atoms with Crippen molar-refractivity contribution in [3.63, 3.8) is 0 Å². The lowest BCUT2D eigenvalue weighted by Crippen LogP contribution is -2.42. The maximum absolute atomic E-state index is 10.1. The molecule has 1 aromatic carbocycles. The normalized spacial score (nSPS) is 15.3. The van der Waals surface area contributed by atoms with Crippen LogP contribution in [0.1, 0.15) is 40.0 Å². The van der Waals surface area contributed by atoms with Crippen molar-refractivity contribution in [2.75, 3.05) is 11.9 Å². The standard InChI is InChI=1S/C18H26ClN3O/c1-4-21-18(3,23)10-5-6-13(2)22-16-9-11-20-17-12-14(19)7-8-15(16)17/h7-9,11-13,21,23H,4-6,10H2,1-3H3,(H,20,22). The molecule has 0 aliphatic rings. The van der Waals surface area contributed by atoms with E-state index in [4.69, 9.17) is 11.6 Å². The van der Waals surface area contributed by atoms with Crippen LogP contribution in [-0.4, -0.2) is 28.4 Å². The highest BCUT2D eigenvalue weighted by molar-refractivity contribution is 6.31. The topological polar surface area (TPSA) is 57.2 Å². The second-order valence-corrected chi connectivity index (χ2v) is 6.70. The number of hydrogen-bond acceptors (Lipinski definition) is 4. The third-order valence-electron chi connectivity index (χ3n) is 3.97. The summed E-state index contributed by atoms with van der Waals surface area (Å²) in [5.74, 6) is 0. The number of aliphatic hydroxyl groups is 1. The Hall–Kier alpha value is -1.36. The quantitative estimate of drug-likeness (QED) is 0.633. The lowest BCUT2D eigenvalue weighted by atomic mass is 10.0. The SMILES string of the molecule is CCNC(C)(O)CCCC(C)Nc1ccnc2cc(Cl)ccc12. The molecule has 3 N–H and O–H groups in total. The highest BCUT2D eigenvalue weighted by atomic mass is 35.5. The van der Waals surface area contributed by atoms with E-state index in [1.165, 1.54) is 0 Å². The van der Waals surface area contributed by atoms with Crippen molar-refractivity contribution in [3.05, 3.63) is 35.5 Å². The number of hydrogen-bond donors (Lipinski definition) is 3. The lowest BCUT2D eigenvalue weighted by Gasteiger charge is -2.25. The van der Waals surface area contributed by atoms with Gasteiger partial charge in [0.15, 0.2) is 0 Å². The maximum atomic E-state index is 10.1. The molecule has 1 aromatic heterocycles. The molecule has 0 aliphatic carbocycles. The zero-order valence-corrected chi connectivity index (χ0v) is 14.8. The first kappa shape index (κ1) is 18.0. The molecule has 0 amide bonds. The minimum Gasteiger partial charge on any atom is -0.382 e. The summed E-state index contributed by atoms with van der Waals surface area (Å²) in [5.41, 5.74) is 1.18. The Kier molecular flexibility index (Phi) is 6.22. The van der Waals surface area contributed by atoms with Crippen LogP contribution in [0.2, 0.25) is 5.02 Å². The van der Waals surface area contributed by atoms with Gasteiger partial charge in [-0.1, -0.05) is 18.5 Å². The predicted molar refractivity (Wildman–Crippen MR) is 98.0 cm³/mol. The molecular formula is C18H26ClN3O. The van der Waals surface area contributed by atoms with Crippen LogP contribution >= 0.6 is 11.6 Å². The lowest BCUT2D eigenvalue weighted by molar-refractivity contribution is 0.0150. The van der Waals surface area contributed by atoms with Crippen LogP contribution in [0.5, 0.6) is 0 Å². The Labute approximate surface area is 143 Å². The molecule has 2 atom stereocenters. The maximum Gasteiger partial charge on any atom is 0.113 e. The molecule has 0 aliphatic heterocycles. The minimum atomic E-state index is -0.783. The monoisotopic (exact) mass is 335 g/mol. The molecule has 23 heavy (non-hydrogen) atoms. The third-order valence-corrected chi connectivity index (χ3v) is 4.20. The van der Waals surface area contributed by atoms with E-state index in [2.05, 4.69) is 22.5 Å². The van der Waals surface area contributed by atoms with Crippen molar-refractivity contribution in [2.24, 2.45) is 0 Å². The Balaban J connectivity index is 1.94. The fourth-order valence-corrected chi connectivity index (χ4v) is 2.97. The molecule has 2 rings (SSSR count). The van der Waals surface area contributed by atoms with E-state index >= 15 is 0 Å². The molecule has 0 fully saturated rings. The predicted octanol–water partition coefficient (Wildman–Crippen LogP) is 4.18. The van der Waals surface area contributed by atoms with Crippen molar-refractivity contribution < 1.29 is 5.11 Å². The summed E-state index contributed by atoms with van der Waals surface area (Å²) in [6.45, 7) is 6.75. The first-order chi connectivity index (χ1) is 10.9. The molecule has 1 heterocycles. The second kappa shape index (κ2) is 7.95. The van der Waals surface area contributed by atoms with E-state index in [0.717, 1.165) is 42.4 Å². The van der Waals surface area contributed by atoms with Crippen molar-refractivity contribution in [1.29, 1.82) is 0 Å². The Morgan fingerprint density at radius 1 is 1.35 bits per heavy atom. The van der Waals surface area contributed by atoms with Crippen LogP contribution in [0.4, 0.5) is 5.69 Å². The third kappa shape index (κ3) is 5.34. The summed E-state index contributed by atoms with van der Waals surface area (Å²) in [6.07, 6.45) is 4.46. The van der Waals surface area contributed by atoms with E-state index < -0.39 is 5.72 Å². The summed E-state index contributed by atoms with van der Waals surface area (Å²) in [7, 11) is 0. The number of pyridine rings is 1. The summed E-state index contributed by atoms with van der Waals surface area (Å²) in [6, 6.07) is 8.06. The van der Waals surface area contributed by atoms with E-state index in [1.807, 2.05) is 38.1 Å². The Bertz CT molecular complexity index is 645. The van der Waals surface area contributed by atoms with Gasteiger partial charge in [0, 0.05) is 28.3 Å². The Morgan fingerprint density at radius 3 is 2.87 bits per heavy atom. The molecule has 5 heteroatoms. The fraction of sp³-hybridized carbons (Fsp3) is 0.500. The van der Waals surface area contributed by atoms with Crippen LogP contribution < -0.4 is 10.6 Å². The van der Waals surface area contributed by atoms with Crippen molar-refractivity contribution >= 4 is 28.2 Å². The van der Waals surface area contributed by atoms with Crippen LogP contribution in [0.15, 0.2) is 30.5 Å². The first-order valence-electron chi connectivity index (χ1n) is 8.19. The van der Waals surface area contributed by atoms with Gasteiger partial charge in [-0.25, -0.2) is 0 Å². The summed E-state index contributed by atoms with van der Waals surface area (Å²) < 4.78 is 0. The number of benzene rings is 1. The smallest absolute Gasteiger partial charge is 0.113 e. The van der Waals surface area contributed by atoms with Gasteiger partial charge in [0.2, 0.25) is 0 Å². The van der Waals surface area contributed by atoms with E-state index in [1.54, 1.807) is 6.20 Å². The summed E-state index contributed by atoms with van der Waals surface area (Å²) in [4.78, 5) is 4.36. The van der Waals surface area contributed by atoms with Gasteiger partial charge in [-0.05, 0) is 63.9 Å². The molecule has 0 spiro atoms. The van der Waals surface area contributed by atoms with E-state index in [-0.39, 0.29) is 0 Å². The molecule has 4 nitrogen and oxygen atoms in total. The molecule has 0 saturated carbocycles. The molecule has 126 valence electrons. The first-order valence-corrected chi connectivity index (χ1v) is 8.57. The Morgan fingerprint density at radius 2 is 2.13 bits per heavy atom. The molecule has 0 saturated heterocycles. The molecule has 0 radical (unpaired) electrons. The molecule has 2 unspecified atom stereocenters. The molecule has 0 bridgehead atoms. The van der Waals surface area contributed by atoms with Gasteiger partial charge in [0.25, 0.3) is 0 Å². The zero-order valence-electron chi connectivity index (χ0n) is 14.1. The zero-order chi connectivity index (χ0) is 16.9. The number of nitrogens with one attached hydrogen (secondary N) is 2. The van der Waals surface area contributed by atoms with Gasteiger partial charge < -0.3 is 10.4 Å². The van der Waals surface area contributed by atoms with E-state index in [9.17, 15) is 5.11 Å². The largest absolute Gasteiger partial charge is 0.382 e. The second-order valence-electron chi connectivity index (χ2n) is 6.26. The van der Waals surface area contributed by atoms with Gasteiger partial charge in [-0.15, -0.1) is 0 Å². The van der Waals surface area contributed by atoms with Crippen LogP contribution in [-0.2, 0) is 0 Å². The van der Waals surface area contributed by atoms with Gasteiger partial charge in [-0.2, -0.15) is 0 Å². The number of halogens is 1. The highest BCUT2D eigenvalue weighted by Crippen LogP contribution is 2.25. The van der Waals surface area contributed by atoms with Crippen molar-refractivity contribution in [1.82, 2.24) is 10.3 Å². The van der Waals surface area contributed by atoms with Crippen LogP contribution in [0.25, 0.3) is 10.9 Å². The number of nitrogens with zero attached hydrogens (tertiary/aromatic N) is 1. The molecule has 2 aromatic rings. The van der Waals surface area contributed by atoms with Crippen LogP contribution in [0, 0.1) is 0 Å². The van der Waals surface area contributed by atoms with Gasteiger partial charge in [0.05, 0.1) is 5.52 Å². The molecular weight excluding hydrogens is 310 g/mol. The van der Waals surface area contributed by atoms with Crippen molar-refractivity contribution in [2.45, 2.75) is 51.8 Å². The average molecular weight is 336 g/mol. The summed E-state index contributed by atoms with van der Waals surface area (Å²) in [5, 5.41) is 18.5. The summed E-state index contributed by atoms with van der Waals surface area (Å²) >= 11 is 6.02. The average Bonchev–Trinajstić information content (AvgIpc) is 2.46. The number of rotatable bonds is 8. The highest BCUT2D eigenvalue weighted by Gasteiger charge is 2.18. The van der Waals surface area contributed by atoms with Crippen molar-refractivity contribution in [3.8, 4) is 0 Å². The van der Waals surface area contributed by atoms with Crippen LogP contribution in [0.3, 0.4) is 0 Å². The van der Waals surface area contributed by atoms with Gasteiger partial charge in [0.1, 0.15) is 5.72 Å². The number of fused-ring (bicyclic) bond motifs is 1. The number of aromatic nitrogens is 1. The van der Waals surface area contributed by atoms with Gasteiger partial charge >= 0.3 is 0 Å².